The number of para-hydroxylation sites is 1. The highest BCUT2D eigenvalue weighted by Gasteiger charge is 2.22. The van der Waals surface area contributed by atoms with Crippen molar-refractivity contribution in [2.45, 2.75) is 39.4 Å². The second-order valence-electron chi connectivity index (χ2n) is 8.46. The summed E-state index contributed by atoms with van der Waals surface area (Å²) in [5, 5.41) is 0. The molecular formula is C29H33N3O. The Balaban J connectivity index is 1.82. The summed E-state index contributed by atoms with van der Waals surface area (Å²) >= 11 is 0. The van der Waals surface area contributed by atoms with Gasteiger partial charge < -0.3 is 9.30 Å². The molecule has 1 aromatic heterocycles. The SMILES string of the molecule is CCCCn1c(-c2ccccc2OC)nc(-c2ccccc2)c1CN(C)Cc1ccccc1. The first-order chi connectivity index (χ1) is 16.2. The van der Waals surface area contributed by atoms with Gasteiger partial charge in [0.15, 0.2) is 0 Å². The van der Waals surface area contributed by atoms with Gasteiger partial charge in [-0.3, -0.25) is 4.90 Å². The lowest BCUT2D eigenvalue weighted by Crippen LogP contribution is -2.20. The fourth-order valence-corrected chi connectivity index (χ4v) is 4.27. The molecule has 0 saturated carbocycles. The van der Waals surface area contributed by atoms with Crippen molar-refractivity contribution in [1.82, 2.24) is 14.5 Å². The molecule has 0 spiro atoms. The normalized spacial score (nSPS) is 11.2. The third-order valence-corrected chi connectivity index (χ3v) is 5.92. The second-order valence-corrected chi connectivity index (χ2v) is 8.46. The van der Waals surface area contributed by atoms with E-state index in [-0.39, 0.29) is 0 Å². The van der Waals surface area contributed by atoms with E-state index in [0.29, 0.717) is 0 Å². The smallest absolute Gasteiger partial charge is 0.144 e. The van der Waals surface area contributed by atoms with Crippen LogP contribution >= 0.6 is 0 Å². The maximum atomic E-state index is 5.71. The average molecular weight is 440 g/mol. The molecule has 0 unspecified atom stereocenters. The Hall–Kier alpha value is -3.37. The van der Waals surface area contributed by atoms with Crippen LogP contribution in [-0.4, -0.2) is 28.6 Å². The molecule has 170 valence electrons. The predicted octanol–water partition coefficient (Wildman–Crippen LogP) is 6.66. The zero-order chi connectivity index (χ0) is 23.0. The quantitative estimate of drug-likeness (QED) is 0.277. The number of rotatable bonds is 10. The van der Waals surface area contributed by atoms with Crippen LogP contribution in [0.25, 0.3) is 22.6 Å². The molecule has 0 atom stereocenters. The third-order valence-electron chi connectivity index (χ3n) is 5.92. The Bertz CT molecular complexity index is 1150. The molecule has 4 heteroatoms. The number of hydrogen-bond acceptors (Lipinski definition) is 3. The van der Waals surface area contributed by atoms with Crippen molar-refractivity contribution in [3.63, 3.8) is 0 Å². The molecule has 1 heterocycles. The molecular weight excluding hydrogens is 406 g/mol. The molecule has 33 heavy (non-hydrogen) atoms. The number of benzene rings is 3. The van der Waals surface area contributed by atoms with E-state index >= 15 is 0 Å². The van der Waals surface area contributed by atoms with Gasteiger partial charge in [-0.2, -0.15) is 0 Å². The standard InChI is InChI=1S/C29H33N3O/c1-4-5-20-32-26(22-31(2)21-23-14-8-6-9-15-23)28(24-16-10-7-11-17-24)30-29(32)25-18-12-13-19-27(25)33-3/h6-19H,4-5,20-22H2,1-3H3. The highest BCUT2D eigenvalue weighted by atomic mass is 16.5. The van der Waals surface area contributed by atoms with Crippen molar-refractivity contribution in [2.75, 3.05) is 14.2 Å². The topological polar surface area (TPSA) is 30.3 Å². The number of ether oxygens (including phenoxy) is 1. The molecule has 0 saturated heterocycles. The highest BCUT2D eigenvalue weighted by molar-refractivity contribution is 5.71. The van der Waals surface area contributed by atoms with Crippen LogP contribution in [-0.2, 0) is 19.6 Å². The van der Waals surface area contributed by atoms with E-state index in [1.165, 1.54) is 11.3 Å². The lowest BCUT2D eigenvalue weighted by atomic mass is 10.1. The van der Waals surface area contributed by atoms with E-state index in [1.54, 1.807) is 7.11 Å². The molecule has 4 nitrogen and oxygen atoms in total. The number of nitrogens with zero attached hydrogens (tertiary/aromatic N) is 3. The lowest BCUT2D eigenvalue weighted by Gasteiger charge is -2.20. The molecule has 0 radical (unpaired) electrons. The van der Waals surface area contributed by atoms with E-state index in [0.717, 1.165) is 60.9 Å². The maximum absolute atomic E-state index is 5.71. The van der Waals surface area contributed by atoms with Gasteiger partial charge in [-0.1, -0.05) is 86.1 Å². The van der Waals surface area contributed by atoms with E-state index in [2.05, 4.69) is 96.2 Å². The Morgan fingerprint density at radius 1 is 0.848 bits per heavy atom. The van der Waals surface area contributed by atoms with Crippen LogP contribution in [0.3, 0.4) is 0 Å². The van der Waals surface area contributed by atoms with Gasteiger partial charge in [-0.15, -0.1) is 0 Å². The van der Waals surface area contributed by atoms with Gasteiger partial charge in [-0.25, -0.2) is 4.98 Å². The summed E-state index contributed by atoms with van der Waals surface area (Å²) in [6.45, 7) is 4.86. The van der Waals surface area contributed by atoms with Gasteiger partial charge in [-0.05, 0) is 31.2 Å². The first-order valence-electron chi connectivity index (χ1n) is 11.7. The zero-order valence-corrected chi connectivity index (χ0v) is 19.9. The monoisotopic (exact) mass is 439 g/mol. The van der Waals surface area contributed by atoms with Crippen molar-refractivity contribution in [3.8, 4) is 28.4 Å². The lowest BCUT2D eigenvalue weighted by molar-refractivity contribution is 0.309. The third kappa shape index (κ3) is 5.35. The minimum atomic E-state index is 0.811. The number of methoxy groups -OCH3 is 1. The fraction of sp³-hybridized carbons (Fsp3) is 0.276. The van der Waals surface area contributed by atoms with Crippen molar-refractivity contribution >= 4 is 0 Å². The van der Waals surface area contributed by atoms with Crippen LogP contribution in [0.15, 0.2) is 84.9 Å². The molecule has 0 N–H and O–H groups in total. The summed E-state index contributed by atoms with van der Waals surface area (Å²) in [6, 6.07) is 29.3. The van der Waals surface area contributed by atoms with E-state index in [9.17, 15) is 0 Å². The van der Waals surface area contributed by atoms with Gasteiger partial charge in [0.1, 0.15) is 11.6 Å². The molecule has 4 rings (SSSR count). The molecule has 4 aromatic rings. The summed E-state index contributed by atoms with van der Waals surface area (Å²) < 4.78 is 8.12. The van der Waals surface area contributed by atoms with Gasteiger partial charge >= 0.3 is 0 Å². The van der Waals surface area contributed by atoms with Crippen LogP contribution in [0.5, 0.6) is 5.75 Å². The predicted molar refractivity (Wildman–Crippen MR) is 136 cm³/mol. The Kier molecular flexibility index (Phi) is 7.59. The number of hydrogen-bond donors (Lipinski definition) is 0. The van der Waals surface area contributed by atoms with E-state index < -0.39 is 0 Å². The maximum Gasteiger partial charge on any atom is 0.144 e. The van der Waals surface area contributed by atoms with Crippen LogP contribution in [0, 0.1) is 0 Å². The van der Waals surface area contributed by atoms with E-state index in [4.69, 9.17) is 9.72 Å². The van der Waals surface area contributed by atoms with E-state index in [1.807, 2.05) is 12.1 Å². The minimum absolute atomic E-state index is 0.811. The summed E-state index contributed by atoms with van der Waals surface area (Å²) in [4.78, 5) is 7.60. The van der Waals surface area contributed by atoms with Crippen LogP contribution in [0.1, 0.15) is 31.0 Å². The number of unbranched alkanes of at least 4 members (excludes halogenated alkanes) is 1. The summed E-state index contributed by atoms with van der Waals surface area (Å²) in [6.07, 6.45) is 2.23. The first kappa shape index (κ1) is 22.8. The average Bonchev–Trinajstić information content (AvgIpc) is 3.21. The van der Waals surface area contributed by atoms with Crippen molar-refractivity contribution in [1.29, 1.82) is 0 Å². The Morgan fingerprint density at radius 2 is 1.52 bits per heavy atom. The van der Waals surface area contributed by atoms with Gasteiger partial charge in [0.05, 0.1) is 24.1 Å². The summed E-state index contributed by atoms with van der Waals surface area (Å²) in [5.74, 6) is 1.83. The van der Waals surface area contributed by atoms with Gasteiger partial charge in [0, 0.05) is 25.2 Å². The fourth-order valence-electron chi connectivity index (χ4n) is 4.27. The van der Waals surface area contributed by atoms with Crippen molar-refractivity contribution in [3.05, 3.63) is 96.2 Å². The molecule has 3 aromatic carbocycles. The van der Waals surface area contributed by atoms with Crippen LogP contribution < -0.4 is 4.74 Å². The van der Waals surface area contributed by atoms with Gasteiger partial charge in [0.25, 0.3) is 0 Å². The minimum Gasteiger partial charge on any atom is -0.496 e. The van der Waals surface area contributed by atoms with Crippen LogP contribution in [0.4, 0.5) is 0 Å². The largest absolute Gasteiger partial charge is 0.496 e. The molecule has 0 aliphatic rings. The number of imidazole rings is 1. The Morgan fingerprint density at radius 3 is 2.21 bits per heavy atom. The first-order valence-corrected chi connectivity index (χ1v) is 11.7. The molecule has 0 aliphatic heterocycles. The van der Waals surface area contributed by atoms with Gasteiger partial charge in [0.2, 0.25) is 0 Å². The molecule has 0 fully saturated rings. The van der Waals surface area contributed by atoms with Crippen molar-refractivity contribution in [2.24, 2.45) is 0 Å². The number of aromatic nitrogens is 2. The Labute approximate surface area is 197 Å². The summed E-state index contributed by atoms with van der Waals surface area (Å²) in [5.41, 5.74) is 5.78. The van der Waals surface area contributed by atoms with Crippen molar-refractivity contribution < 1.29 is 4.74 Å². The molecule has 0 aliphatic carbocycles. The molecule has 0 amide bonds. The van der Waals surface area contributed by atoms with Crippen LogP contribution in [0.2, 0.25) is 0 Å². The second kappa shape index (κ2) is 11.0. The zero-order valence-electron chi connectivity index (χ0n) is 19.9. The highest BCUT2D eigenvalue weighted by Crippen LogP contribution is 2.35. The molecule has 0 bridgehead atoms. The summed E-state index contributed by atoms with van der Waals surface area (Å²) in [7, 11) is 3.91.